The normalized spacial score (nSPS) is 26.5. The van der Waals surface area contributed by atoms with E-state index in [9.17, 15) is 19.2 Å². The maximum Gasteiger partial charge on any atom is 0.308 e. The number of hydrogen-bond donors (Lipinski definition) is 0. The lowest BCUT2D eigenvalue weighted by molar-refractivity contribution is -0.132. The molecule has 162 valence electrons. The molecule has 0 unspecified atom stereocenters. The van der Waals surface area contributed by atoms with Crippen molar-refractivity contribution in [3.8, 4) is 5.75 Å². The minimum atomic E-state index is -1.22. The Hall–Kier alpha value is -4.06. The van der Waals surface area contributed by atoms with E-state index in [4.69, 9.17) is 4.74 Å². The molecule has 3 aliphatic carbocycles. The van der Waals surface area contributed by atoms with E-state index in [1.807, 2.05) is 48.5 Å². The van der Waals surface area contributed by atoms with E-state index < -0.39 is 23.2 Å². The lowest BCUT2D eigenvalue weighted by atomic mass is 9.48. The van der Waals surface area contributed by atoms with Gasteiger partial charge in [0.15, 0.2) is 0 Å². The molecule has 6 heteroatoms. The fourth-order valence-electron chi connectivity index (χ4n) is 6.11. The Bertz CT molecular complexity index is 1310. The number of hydrogen-bond acceptors (Lipinski definition) is 5. The van der Waals surface area contributed by atoms with Gasteiger partial charge in [-0.2, -0.15) is 0 Å². The van der Waals surface area contributed by atoms with E-state index in [0.29, 0.717) is 11.4 Å². The predicted molar refractivity (Wildman–Crippen MR) is 119 cm³/mol. The van der Waals surface area contributed by atoms with E-state index in [1.165, 1.54) is 11.8 Å². The Balaban J connectivity index is 1.53. The zero-order chi connectivity index (χ0) is 22.9. The second-order valence-electron chi connectivity index (χ2n) is 8.74. The lowest BCUT2D eigenvalue weighted by Gasteiger charge is -2.51. The minimum Gasteiger partial charge on any atom is -0.427 e. The van der Waals surface area contributed by atoms with Gasteiger partial charge in [-0.05, 0) is 46.5 Å². The Morgan fingerprint density at radius 1 is 0.879 bits per heavy atom. The molecule has 33 heavy (non-hydrogen) atoms. The molecule has 0 N–H and O–H groups in total. The summed E-state index contributed by atoms with van der Waals surface area (Å²) in [5.41, 5.74) is 2.64. The first-order valence-corrected chi connectivity index (χ1v) is 10.8. The molecule has 2 atom stereocenters. The number of imide groups is 1. The molecular formula is C27H19NO5. The summed E-state index contributed by atoms with van der Waals surface area (Å²) < 4.78 is 5.07. The van der Waals surface area contributed by atoms with Gasteiger partial charge in [0, 0.05) is 12.8 Å². The van der Waals surface area contributed by atoms with E-state index in [1.54, 1.807) is 24.3 Å². The number of rotatable bonds is 3. The van der Waals surface area contributed by atoms with Gasteiger partial charge in [-0.1, -0.05) is 48.5 Å². The van der Waals surface area contributed by atoms with Crippen LogP contribution in [0.5, 0.6) is 5.75 Å². The fourth-order valence-corrected chi connectivity index (χ4v) is 6.11. The molecule has 0 saturated carbocycles. The Morgan fingerprint density at radius 2 is 1.45 bits per heavy atom. The molecule has 3 aromatic rings. The Morgan fingerprint density at radius 3 is 2.00 bits per heavy atom. The molecule has 3 aromatic carbocycles. The summed E-state index contributed by atoms with van der Waals surface area (Å²) in [5, 5.41) is 0. The summed E-state index contributed by atoms with van der Waals surface area (Å²) in [5.74, 6) is -2.61. The molecule has 2 amide bonds. The Kier molecular flexibility index (Phi) is 3.99. The minimum absolute atomic E-state index is 0.300. The highest BCUT2D eigenvalue weighted by Crippen LogP contribution is 2.63. The van der Waals surface area contributed by atoms with Gasteiger partial charge in [0.2, 0.25) is 11.8 Å². The third-order valence-corrected chi connectivity index (χ3v) is 7.23. The van der Waals surface area contributed by atoms with Crippen molar-refractivity contribution < 1.29 is 23.9 Å². The maximum atomic E-state index is 13.8. The highest BCUT2D eigenvalue weighted by Gasteiger charge is 2.68. The predicted octanol–water partition coefficient (Wildman–Crippen LogP) is 3.36. The van der Waals surface area contributed by atoms with Crippen molar-refractivity contribution >= 4 is 29.8 Å². The van der Waals surface area contributed by atoms with Crippen LogP contribution in [0.2, 0.25) is 0 Å². The van der Waals surface area contributed by atoms with Gasteiger partial charge in [-0.25, -0.2) is 4.90 Å². The molecule has 1 fully saturated rings. The lowest BCUT2D eigenvalue weighted by Crippen LogP contribution is -2.54. The largest absolute Gasteiger partial charge is 0.427 e. The van der Waals surface area contributed by atoms with E-state index in [-0.39, 0.29) is 17.7 Å². The van der Waals surface area contributed by atoms with Crippen molar-refractivity contribution in [3.63, 3.8) is 0 Å². The quantitative estimate of drug-likeness (QED) is 0.272. The van der Waals surface area contributed by atoms with Crippen LogP contribution in [0.15, 0.2) is 72.8 Å². The van der Waals surface area contributed by atoms with Crippen LogP contribution in [-0.2, 0) is 24.6 Å². The zero-order valence-corrected chi connectivity index (χ0v) is 17.7. The van der Waals surface area contributed by atoms with Crippen molar-refractivity contribution in [1.82, 2.24) is 0 Å². The molecule has 1 saturated heterocycles. The first-order valence-electron chi connectivity index (χ1n) is 10.8. The molecule has 2 bridgehead atoms. The van der Waals surface area contributed by atoms with Crippen LogP contribution in [0.4, 0.5) is 5.69 Å². The van der Waals surface area contributed by atoms with Gasteiger partial charge < -0.3 is 9.53 Å². The number of carbonyl (C=O) groups excluding carboxylic acids is 4. The number of ether oxygens (including phenoxy) is 1. The summed E-state index contributed by atoms with van der Waals surface area (Å²) in [6.45, 7) is 1.30. The molecule has 1 heterocycles. The van der Waals surface area contributed by atoms with E-state index in [0.717, 1.165) is 28.5 Å². The standard InChI is InChI=1S/C27H19NO5/c1-15(30)33-17-12-10-16(11-13-17)28-25(31)23-22-18-6-2-4-8-20(18)27(14-29,24(23)26(28)32)21-9-5-3-7-19(21)22/h2-14,22-24H,1H3/t22?,23-,24+,27?/m0/s1. The number of aldehydes is 1. The van der Waals surface area contributed by atoms with Gasteiger partial charge in [-0.15, -0.1) is 0 Å². The van der Waals surface area contributed by atoms with Crippen molar-refractivity contribution in [2.24, 2.45) is 11.8 Å². The molecule has 0 radical (unpaired) electrons. The van der Waals surface area contributed by atoms with Crippen LogP contribution in [0.1, 0.15) is 35.1 Å². The van der Waals surface area contributed by atoms with Crippen LogP contribution >= 0.6 is 0 Å². The molecule has 1 aliphatic heterocycles. The van der Waals surface area contributed by atoms with E-state index in [2.05, 4.69) is 0 Å². The van der Waals surface area contributed by atoms with Crippen LogP contribution < -0.4 is 9.64 Å². The van der Waals surface area contributed by atoms with Crippen LogP contribution in [0.25, 0.3) is 0 Å². The third kappa shape index (κ3) is 2.38. The van der Waals surface area contributed by atoms with Gasteiger partial charge in [0.1, 0.15) is 12.0 Å². The zero-order valence-electron chi connectivity index (χ0n) is 17.7. The smallest absolute Gasteiger partial charge is 0.308 e. The second-order valence-corrected chi connectivity index (χ2v) is 8.74. The van der Waals surface area contributed by atoms with Crippen LogP contribution in [0.3, 0.4) is 0 Å². The first-order chi connectivity index (χ1) is 16.0. The average molecular weight is 437 g/mol. The number of amides is 2. The number of esters is 1. The molecule has 4 aliphatic rings. The van der Waals surface area contributed by atoms with Gasteiger partial charge in [0.25, 0.3) is 0 Å². The van der Waals surface area contributed by atoms with Gasteiger partial charge in [-0.3, -0.25) is 14.4 Å². The summed E-state index contributed by atoms with van der Waals surface area (Å²) in [4.78, 5) is 53.0. The molecular weight excluding hydrogens is 418 g/mol. The number of benzene rings is 3. The topological polar surface area (TPSA) is 80.8 Å². The highest BCUT2D eigenvalue weighted by molar-refractivity contribution is 6.24. The maximum absolute atomic E-state index is 13.8. The average Bonchev–Trinajstić information content (AvgIpc) is 3.10. The second kappa shape index (κ2) is 6.72. The summed E-state index contributed by atoms with van der Waals surface area (Å²) in [7, 11) is 0. The van der Waals surface area contributed by atoms with Crippen LogP contribution in [-0.4, -0.2) is 24.1 Å². The number of carbonyl (C=O) groups is 4. The van der Waals surface area contributed by atoms with Gasteiger partial charge >= 0.3 is 5.97 Å². The number of anilines is 1. The summed E-state index contributed by atoms with van der Waals surface area (Å²) in [6, 6.07) is 21.5. The third-order valence-electron chi connectivity index (χ3n) is 7.23. The summed E-state index contributed by atoms with van der Waals surface area (Å²) in [6.07, 6.45) is 0.857. The van der Waals surface area contributed by atoms with Crippen molar-refractivity contribution in [1.29, 1.82) is 0 Å². The monoisotopic (exact) mass is 437 g/mol. The first kappa shape index (κ1) is 19.6. The number of nitrogens with zero attached hydrogens (tertiary/aromatic N) is 1. The SMILES string of the molecule is CC(=O)Oc1ccc(N2C(=O)[C@H]3C4c5ccccc5C(C=O)(c5ccccc54)[C@H]3C2=O)cc1. The molecule has 0 spiro atoms. The van der Waals surface area contributed by atoms with Gasteiger partial charge in [0.05, 0.1) is 22.9 Å². The highest BCUT2D eigenvalue weighted by atomic mass is 16.5. The van der Waals surface area contributed by atoms with Crippen molar-refractivity contribution in [3.05, 3.63) is 95.1 Å². The van der Waals surface area contributed by atoms with Crippen LogP contribution in [0, 0.1) is 11.8 Å². The molecule has 7 rings (SSSR count). The summed E-state index contributed by atoms with van der Waals surface area (Å²) >= 11 is 0. The Labute approximate surface area is 189 Å². The van der Waals surface area contributed by atoms with Crippen molar-refractivity contribution in [2.75, 3.05) is 4.90 Å². The fraction of sp³-hybridized carbons (Fsp3) is 0.185. The molecule has 6 nitrogen and oxygen atoms in total. The van der Waals surface area contributed by atoms with E-state index >= 15 is 0 Å². The van der Waals surface area contributed by atoms with Crippen molar-refractivity contribution in [2.45, 2.75) is 18.3 Å². The molecule has 0 aromatic heterocycles.